The number of hydrogen-bond donors (Lipinski definition) is 2. The maximum atomic E-state index is 12.5. The van der Waals surface area contributed by atoms with Gasteiger partial charge in [-0.05, 0) is 43.2 Å². The Kier molecular flexibility index (Phi) is 4.53. The Morgan fingerprint density at radius 3 is 2.32 bits per heavy atom. The van der Waals surface area contributed by atoms with Crippen molar-refractivity contribution in [3.8, 4) is 0 Å². The van der Waals surface area contributed by atoms with Gasteiger partial charge >= 0.3 is 0 Å². The lowest BCUT2D eigenvalue weighted by Crippen LogP contribution is -2.45. The fraction of sp³-hybridized carbons (Fsp3) is 0.278. The summed E-state index contributed by atoms with van der Waals surface area (Å²) in [6, 6.07) is 15.9. The predicted octanol–water partition coefficient (Wildman–Crippen LogP) is 2.04. The van der Waals surface area contributed by atoms with Crippen LogP contribution in [0.25, 0.3) is 0 Å². The summed E-state index contributed by atoms with van der Waals surface area (Å²) >= 11 is 0. The lowest BCUT2D eigenvalue weighted by Gasteiger charge is -2.24. The molecule has 0 bridgehead atoms. The van der Waals surface area contributed by atoms with Gasteiger partial charge in [0.15, 0.2) is 0 Å². The molecule has 7 heteroatoms. The van der Waals surface area contributed by atoms with Crippen LogP contribution in [0, 0.1) is 0 Å². The maximum Gasteiger partial charge on any atom is 0.248 e. The van der Waals surface area contributed by atoms with Crippen LogP contribution in [0.5, 0.6) is 0 Å². The molecule has 0 saturated carbocycles. The Hall–Kier alpha value is -2.38. The Morgan fingerprint density at radius 2 is 1.76 bits per heavy atom. The number of amides is 1. The normalized spacial score (nSPS) is 18.6. The third-order valence-electron chi connectivity index (χ3n) is 4.36. The van der Waals surface area contributed by atoms with Gasteiger partial charge in [0, 0.05) is 12.2 Å². The molecule has 132 valence electrons. The van der Waals surface area contributed by atoms with Crippen LogP contribution in [0.3, 0.4) is 0 Å². The van der Waals surface area contributed by atoms with Crippen LogP contribution in [0.4, 0.5) is 11.4 Å². The maximum absolute atomic E-state index is 12.5. The minimum absolute atomic E-state index is 0.175. The summed E-state index contributed by atoms with van der Waals surface area (Å²) in [4.78, 5) is 12.5. The fourth-order valence-electron chi connectivity index (χ4n) is 2.82. The second kappa shape index (κ2) is 6.50. The molecule has 1 aliphatic rings. The van der Waals surface area contributed by atoms with E-state index in [0.29, 0.717) is 29.9 Å². The van der Waals surface area contributed by atoms with Gasteiger partial charge in [-0.1, -0.05) is 30.3 Å². The average Bonchev–Trinajstić information content (AvgIpc) is 2.95. The van der Waals surface area contributed by atoms with Crippen molar-refractivity contribution in [2.45, 2.75) is 18.9 Å². The zero-order valence-corrected chi connectivity index (χ0v) is 14.8. The van der Waals surface area contributed by atoms with Crippen LogP contribution in [0.1, 0.15) is 18.9 Å². The first-order valence-electron chi connectivity index (χ1n) is 8.07. The number of sulfonamides is 1. The van der Waals surface area contributed by atoms with E-state index in [0.717, 1.165) is 0 Å². The second-order valence-corrected chi connectivity index (χ2v) is 8.32. The first kappa shape index (κ1) is 17.4. The summed E-state index contributed by atoms with van der Waals surface area (Å²) in [6.45, 7) is 2.14. The molecule has 1 unspecified atom stereocenters. The SMILES string of the molecule is CC(N)(C(=O)Nc1ccc(N2CCCS2(=O)=O)cc1)c1ccccc1. The van der Waals surface area contributed by atoms with Gasteiger partial charge in [-0.3, -0.25) is 9.10 Å². The molecule has 1 aliphatic heterocycles. The molecule has 1 atom stereocenters. The summed E-state index contributed by atoms with van der Waals surface area (Å²) in [5, 5.41) is 2.79. The lowest BCUT2D eigenvalue weighted by atomic mass is 9.92. The average molecular weight is 359 g/mol. The van der Waals surface area contributed by atoms with Gasteiger partial charge in [0.05, 0.1) is 11.4 Å². The van der Waals surface area contributed by atoms with Crippen LogP contribution in [0.15, 0.2) is 54.6 Å². The number of hydrogen-bond acceptors (Lipinski definition) is 4. The van der Waals surface area contributed by atoms with Gasteiger partial charge in [0.25, 0.3) is 0 Å². The van der Waals surface area contributed by atoms with Gasteiger partial charge in [-0.15, -0.1) is 0 Å². The van der Waals surface area contributed by atoms with E-state index in [9.17, 15) is 13.2 Å². The number of carbonyl (C=O) groups excluding carboxylic acids is 1. The molecule has 3 rings (SSSR count). The zero-order valence-electron chi connectivity index (χ0n) is 14.0. The van der Waals surface area contributed by atoms with Crippen LogP contribution in [-0.2, 0) is 20.4 Å². The highest BCUT2D eigenvalue weighted by molar-refractivity contribution is 7.93. The summed E-state index contributed by atoms with van der Waals surface area (Å²) in [5.41, 5.74) is 6.91. The first-order chi connectivity index (χ1) is 11.8. The number of nitrogens with two attached hydrogens (primary N) is 1. The molecule has 0 spiro atoms. The summed E-state index contributed by atoms with van der Waals surface area (Å²) in [7, 11) is -3.21. The van der Waals surface area contributed by atoms with Gasteiger partial charge in [-0.25, -0.2) is 8.42 Å². The number of benzene rings is 2. The molecule has 1 heterocycles. The van der Waals surface area contributed by atoms with Crippen molar-refractivity contribution < 1.29 is 13.2 Å². The minimum atomic E-state index is -3.21. The summed E-state index contributed by atoms with van der Waals surface area (Å²) in [5.74, 6) is -0.158. The van der Waals surface area contributed by atoms with Crippen molar-refractivity contribution in [1.82, 2.24) is 0 Å². The van der Waals surface area contributed by atoms with Crippen LogP contribution in [0.2, 0.25) is 0 Å². The molecule has 3 N–H and O–H groups in total. The van der Waals surface area contributed by atoms with Crippen molar-refractivity contribution in [3.63, 3.8) is 0 Å². The molecule has 2 aromatic rings. The predicted molar refractivity (Wildman–Crippen MR) is 98.8 cm³/mol. The molecule has 0 aliphatic carbocycles. The number of nitrogens with one attached hydrogen (secondary N) is 1. The van der Waals surface area contributed by atoms with E-state index >= 15 is 0 Å². The van der Waals surface area contributed by atoms with E-state index in [1.54, 1.807) is 43.3 Å². The quantitative estimate of drug-likeness (QED) is 0.874. The van der Waals surface area contributed by atoms with E-state index in [4.69, 9.17) is 5.73 Å². The largest absolute Gasteiger partial charge is 0.324 e. The molecule has 1 amide bonds. The second-order valence-electron chi connectivity index (χ2n) is 6.31. The van der Waals surface area contributed by atoms with Crippen LogP contribution < -0.4 is 15.4 Å². The van der Waals surface area contributed by atoms with Gasteiger partial charge in [-0.2, -0.15) is 0 Å². The Morgan fingerprint density at radius 1 is 1.12 bits per heavy atom. The van der Waals surface area contributed by atoms with E-state index in [1.165, 1.54) is 4.31 Å². The fourth-order valence-corrected chi connectivity index (χ4v) is 4.38. The Balaban J connectivity index is 1.74. The highest BCUT2D eigenvalue weighted by Crippen LogP contribution is 2.26. The highest BCUT2D eigenvalue weighted by atomic mass is 32.2. The number of nitrogens with zero attached hydrogens (tertiary/aromatic N) is 1. The molecule has 1 fully saturated rings. The molecule has 0 aromatic heterocycles. The molecular formula is C18H21N3O3S. The van der Waals surface area contributed by atoms with Crippen molar-refractivity contribution in [2.24, 2.45) is 5.73 Å². The van der Waals surface area contributed by atoms with Crippen molar-refractivity contribution in [3.05, 3.63) is 60.2 Å². The van der Waals surface area contributed by atoms with Crippen LogP contribution in [-0.4, -0.2) is 26.6 Å². The third kappa shape index (κ3) is 3.52. The van der Waals surface area contributed by atoms with Gasteiger partial charge in [0.1, 0.15) is 5.54 Å². The molecule has 2 aromatic carbocycles. The number of anilines is 2. The van der Waals surface area contributed by atoms with Gasteiger partial charge < -0.3 is 11.1 Å². The van der Waals surface area contributed by atoms with Crippen LogP contribution >= 0.6 is 0 Å². The van der Waals surface area contributed by atoms with Crippen molar-refractivity contribution in [2.75, 3.05) is 21.9 Å². The summed E-state index contributed by atoms with van der Waals surface area (Å²) < 4.78 is 25.3. The first-order valence-corrected chi connectivity index (χ1v) is 9.68. The topological polar surface area (TPSA) is 92.5 Å². The lowest BCUT2D eigenvalue weighted by molar-refractivity contribution is -0.120. The monoisotopic (exact) mass is 359 g/mol. The summed E-state index contributed by atoms with van der Waals surface area (Å²) in [6.07, 6.45) is 0.628. The van der Waals surface area contributed by atoms with Crippen molar-refractivity contribution >= 4 is 27.3 Å². The molecule has 1 saturated heterocycles. The smallest absolute Gasteiger partial charge is 0.248 e. The Bertz CT molecular complexity index is 862. The highest BCUT2D eigenvalue weighted by Gasteiger charge is 2.31. The number of carbonyl (C=O) groups is 1. The van der Waals surface area contributed by atoms with E-state index in [2.05, 4.69) is 5.32 Å². The molecular weight excluding hydrogens is 338 g/mol. The van der Waals surface area contributed by atoms with E-state index in [1.807, 2.05) is 18.2 Å². The molecule has 6 nitrogen and oxygen atoms in total. The van der Waals surface area contributed by atoms with Crippen molar-refractivity contribution in [1.29, 1.82) is 0 Å². The van der Waals surface area contributed by atoms with E-state index < -0.39 is 15.6 Å². The standard InChI is InChI=1S/C18H21N3O3S/c1-18(19,14-6-3-2-4-7-14)17(22)20-15-8-10-16(11-9-15)21-12-5-13-25(21,23)24/h2-4,6-11H,5,12-13,19H2,1H3,(H,20,22). The Labute approximate surface area is 147 Å². The molecule has 25 heavy (non-hydrogen) atoms. The molecule has 0 radical (unpaired) electrons. The number of rotatable bonds is 4. The zero-order chi connectivity index (χ0) is 18.1. The van der Waals surface area contributed by atoms with E-state index in [-0.39, 0.29) is 11.7 Å². The third-order valence-corrected chi connectivity index (χ3v) is 6.23. The minimum Gasteiger partial charge on any atom is -0.324 e. The van der Waals surface area contributed by atoms with Gasteiger partial charge in [0.2, 0.25) is 15.9 Å².